The smallest absolute Gasteiger partial charge is 0.143 e. The van der Waals surface area contributed by atoms with Gasteiger partial charge in [-0.05, 0) is 44.0 Å². The second-order valence-corrected chi connectivity index (χ2v) is 7.92. The van der Waals surface area contributed by atoms with Crippen LogP contribution in [-0.4, -0.2) is 29.5 Å². The van der Waals surface area contributed by atoms with Crippen molar-refractivity contribution in [2.45, 2.75) is 26.4 Å². The monoisotopic (exact) mass is 423 g/mol. The maximum Gasteiger partial charge on any atom is 0.143 e. The van der Waals surface area contributed by atoms with Gasteiger partial charge in [0.1, 0.15) is 5.82 Å². The minimum atomic E-state index is -0.477. The molecule has 1 saturated heterocycles. The van der Waals surface area contributed by atoms with Crippen LogP contribution in [0, 0.1) is 18.7 Å². The highest BCUT2D eigenvalue weighted by Gasteiger charge is 2.21. The van der Waals surface area contributed by atoms with Crippen LogP contribution in [0.5, 0.6) is 0 Å². The highest BCUT2D eigenvalue weighted by molar-refractivity contribution is 7.09. The maximum absolute atomic E-state index is 13.5. The van der Waals surface area contributed by atoms with Gasteiger partial charge in [0.2, 0.25) is 0 Å². The summed E-state index contributed by atoms with van der Waals surface area (Å²) in [4.78, 5) is 7.94. The highest BCUT2D eigenvalue weighted by atomic mass is 35.5. The van der Waals surface area contributed by atoms with Crippen molar-refractivity contribution < 1.29 is 4.39 Å². The summed E-state index contributed by atoms with van der Waals surface area (Å²) in [5.41, 5.74) is 3.80. The minimum Gasteiger partial charge on any atom is -0.316 e. The maximum atomic E-state index is 13.5. The first-order valence-electron chi connectivity index (χ1n) is 7.99. The lowest BCUT2D eigenvalue weighted by Gasteiger charge is -2.25. The predicted molar refractivity (Wildman–Crippen MR) is 106 cm³/mol. The van der Waals surface area contributed by atoms with Crippen molar-refractivity contribution in [1.82, 2.24) is 15.2 Å². The Bertz CT molecular complexity index is 704. The average molecular weight is 425 g/mol. The quantitative estimate of drug-likeness (QED) is 0.666. The van der Waals surface area contributed by atoms with E-state index in [2.05, 4.69) is 15.2 Å². The molecule has 1 N–H and O–H groups in total. The minimum absolute atomic E-state index is 0. The van der Waals surface area contributed by atoms with Crippen LogP contribution in [0.2, 0.25) is 10.0 Å². The van der Waals surface area contributed by atoms with Gasteiger partial charge >= 0.3 is 0 Å². The first-order valence-corrected chi connectivity index (χ1v) is 9.62. The number of halogens is 4. The lowest BCUT2D eigenvalue weighted by Crippen LogP contribution is -2.30. The van der Waals surface area contributed by atoms with Gasteiger partial charge in [-0.2, -0.15) is 0 Å². The van der Waals surface area contributed by atoms with E-state index in [9.17, 15) is 4.39 Å². The van der Waals surface area contributed by atoms with Crippen LogP contribution in [-0.2, 0) is 13.1 Å². The van der Waals surface area contributed by atoms with E-state index in [1.807, 2.05) is 12.4 Å². The molecule has 3 nitrogen and oxygen atoms in total. The van der Waals surface area contributed by atoms with Gasteiger partial charge in [-0.15, -0.1) is 23.7 Å². The Morgan fingerprint density at radius 1 is 1.32 bits per heavy atom. The molecule has 1 unspecified atom stereocenters. The molecule has 0 bridgehead atoms. The molecule has 1 atom stereocenters. The van der Waals surface area contributed by atoms with Crippen molar-refractivity contribution in [1.29, 1.82) is 0 Å². The molecule has 0 spiro atoms. The van der Waals surface area contributed by atoms with E-state index in [0.29, 0.717) is 17.5 Å². The van der Waals surface area contributed by atoms with Crippen molar-refractivity contribution >= 4 is 46.9 Å². The molecule has 0 saturated carbocycles. The van der Waals surface area contributed by atoms with Crippen molar-refractivity contribution in [2.75, 3.05) is 19.6 Å². The Labute approximate surface area is 167 Å². The lowest BCUT2D eigenvalue weighted by molar-refractivity contribution is 0.222. The van der Waals surface area contributed by atoms with Gasteiger partial charge in [-0.1, -0.05) is 29.3 Å². The van der Waals surface area contributed by atoms with E-state index in [-0.39, 0.29) is 17.4 Å². The SMILES string of the molecule is Cc1ncsc1CN(Cc1ccc(F)c(Cl)c1Cl)CC1CCNC1.Cl. The molecule has 2 aromatic rings. The van der Waals surface area contributed by atoms with E-state index < -0.39 is 5.82 Å². The van der Waals surface area contributed by atoms with Gasteiger partial charge in [0.25, 0.3) is 0 Å². The molecule has 1 aliphatic rings. The third kappa shape index (κ3) is 5.28. The molecule has 25 heavy (non-hydrogen) atoms. The van der Waals surface area contributed by atoms with Gasteiger partial charge in [0.15, 0.2) is 0 Å². The summed E-state index contributed by atoms with van der Waals surface area (Å²) in [6.45, 7) is 6.57. The standard InChI is InChI=1S/C17H20Cl2FN3S.ClH/c1-11-15(24-10-22-11)9-23(7-12-4-5-21-6-12)8-13-2-3-14(20)17(19)16(13)18;/h2-3,10,12,21H,4-9H2,1H3;1H. The van der Waals surface area contributed by atoms with E-state index in [0.717, 1.165) is 37.4 Å². The molecular weight excluding hydrogens is 404 g/mol. The van der Waals surface area contributed by atoms with E-state index in [4.69, 9.17) is 23.2 Å². The summed E-state index contributed by atoms with van der Waals surface area (Å²) in [7, 11) is 0. The zero-order valence-electron chi connectivity index (χ0n) is 13.9. The van der Waals surface area contributed by atoms with Gasteiger partial charge in [-0.3, -0.25) is 4.90 Å². The molecule has 1 aliphatic heterocycles. The van der Waals surface area contributed by atoms with E-state index >= 15 is 0 Å². The number of aromatic nitrogens is 1. The summed E-state index contributed by atoms with van der Waals surface area (Å²) in [6, 6.07) is 3.11. The third-order valence-corrected chi connectivity index (χ3v) is 6.22. The van der Waals surface area contributed by atoms with Crippen molar-refractivity contribution in [3.63, 3.8) is 0 Å². The zero-order valence-corrected chi connectivity index (χ0v) is 17.0. The second-order valence-electron chi connectivity index (χ2n) is 6.22. The van der Waals surface area contributed by atoms with Gasteiger partial charge in [0.05, 0.1) is 21.2 Å². The van der Waals surface area contributed by atoms with E-state index in [1.54, 1.807) is 17.4 Å². The summed E-state index contributed by atoms with van der Waals surface area (Å²) < 4.78 is 13.5. The Balaban J connectivity index is 0.00000225. The molecule has 0 amide bonds. The van der Waals surface area contributed by atoms with Crippen molar-refractivity contribution in [2.24, 2.45) is 5.92 Å². The van der Waals surface area contributed by atoms with Crippen LogP contribution >= 0.6 is 46.9 Å². The molecule has 1 aromatic heterocycles. The molecule has 2 heterocycles. The Morgan fingerprint density at radius 2 is 2.12 bits per heavy atom. The van der Waals surface area contributed by atoms with Gasteiger partial charge < -0.3 is 5.32 Å². The molecule has 0 radical (unpaired) electrons. The molecule has 3 rings (SSSR count). The number of rotatable bonds is 6. The molecule has 8 heteroatoms. The Morgan fingerprint density at radius 3 is 2.76 bits per heavy atom. The predicted octanol–water partition coefficient (Wildman–Crippen LogP) is 4.93. The third-order valence-electron chi connectivity index (χ3n) is 4.40. The highest BCUT2D eigenvalue weighted by Crippen LogP contribution is 2.30. The number of thiazole rings is 1. The molecular formula is C17H21Cl3FN3S. The van der Waals surface area contributed by atoms with Gasteiger partial charge in [0, 0.05) is 24.5 Å². The van der Waals surface area contributed by atoms with Crippen LogP contribution in [0.25, 0.3) is 0 Å². The van der Waals surface area contributed by atoms with Crippen LogP contribution in [0.1, 0.15) is 22.6 Å². The first kappa shape index (κ1) is 20.9. The fourth-order valence-electron chi connectivity index (χ4n) is 3.03. The van der Waals surface area contributed by atoms with Gasteiger partial charge in [-0.25, -0.2) is 9.37 Å². The van der Waals surface area contributed by atoms with Crippen LogP contribution in [0.15, 0.2) is 17.6 Å². The second kappa shape index (κ2) is 9.49. The van der Waals surface area contributed by atoms with Crippen molar-refractivity contribution in [3.8, 4) is 0 Å². The molecule has 138 valence electrons. The Hall–Kier alpha value is -0.430. The fourth-order valence-corrected chi connectivity index (χ4v) is 4.25. The molecule has 1 aromatic carbocycles. The zero-order chi connectivity index (χ0) is 17.1. The largest absolute Gasteiger partial charge is 0.316 e. The summed E-state index contributed by atoms with van der Waals surface area (Å²) in [5.74, 6) is 0.142. The van der Waals surface area contributed by atoms with Crippen LogP contribution < -0.4 is 5.32 Å². The van der Waals surface area contributed by atoms with Crippen LogP contribution in [0.4, 0.5) is 4.39 Å². The number of nitrogens with one attached hydrogen (secondary N) is 1. The van der Waals surface area contributed by atoms with Crippen LogP contribution in [0.3, 0.4) is 0 Å². The Kier molecular flexibility index (Phi) is 7.92. The van der Waals surface area contributed by atoms with E-state index in [1.165, 1.54) is 17.4 Å². The molecule has 0 aliphatic carbocycles. The number of benzene rings is 1. The van der Waals surface area contributed by atoms with Crippen molar-refractivity contribution in [3.05, 3.63) is 49.6 Å². The molecule has 1 fully saturated rings. The lowest BCUT2D eigenvalue weighted by atomic mass is 10.1. The first-order chi connectivity index (χ1) is 11.5. The number of aryl methyl sites for hydroxylation is 1. The number of nitrogens with zero attached hydrogens (tertiary/aromatic N) is 2. The summed E-state index contributed by atoms with van der Waals surface area (Å²) >= 11 is 13.9. The topological polar surface area (TPSA) is 28.2 Å². The number of hydrogen-bond donors (Lipinski definition) is 1. The summed E-state index contributed by atoms with van der Waals surface area (Å²) in [6.07, 6.45) is 1.18. The number of hydrogen-bond acceptors (Lipinski definition) is 4. The summed E-state index contributed by atoms with van der Waals surface area (Å²) in [5, 5.41) is 3.72. The average Bonchev–Trinajstić information content (AvgIpc) is 3.20. The fraction of sp³-hybridized carbons (Fsp3) is 0.471. The normalized spacial score (nSPS) is 17.1.